The molecule has 0 atom stereocenters. The summed E-state index contributed by atoms with van der Waals surface area (Å²) >= 11 is 7.36. The molecule has 4 nitrogen and oxygen atoms in total. The molecule has 0 amide bonds. The summed E-state index contributed by atoms with van der Waals surface area (Å²) in [4.78, 5) is 13.3. The fraction of sp³-hybridized carbons (Fsp3) is 0. The van der Waals surface area contributed by atoms with Gasteiger partial charge in [-0.25, -0.2) is 0 Å². The lowest BCUT2D eigenvalue weighted by Gasteiger charge is -1.92. The highest BCUT2D eigenvalue weighted by molar-refractivity contribution is 14.1. The lowest BCUT2D eigenvalue weighted by molar-refractivity contribution is -0.389. The summed E-state index contributed by atoms with van der Waals surface area (Å²) in [6.45, 7) is 0. The van der Waals surface area contributed by atoms with Crippen LogP contribution in [0.5, 0.6) is 0 Å². The molecular formula is C5H2ClIN2O2. The maximum atomic E-state index is 10.2. The molecule has 0 aliphatic rings. The maximum Gasteiger partial charge on any atom is 0.383 e. The summed E-state index contributed by atoms with van der Waals surface area (Å²) in [6, 6.07) is 3.06. The van der Waals surface area contributed by atoms with Gasteiger partial charge in [-0.3, -0.25) is 0 Å². The second kappa shape index (κ2) is 3.31. The molecular weight excluding hydrogens is 282 g/mol. The SMILES string of the molecule is O=[N+]([O-])c1nc(I)ccc1Cl. The minimum absolute atomic E-state index is 0.0652. The van der Waals surface area contributed by atoms with Crippen molar-refractivity contribution in [1.82, 2.24) is 4.98 Å². The summed E-state index contributed by atoms with van der Waals surface area (Å²) in [7, 11) is 0. The number of nitrogens with zero attached hydrogens (tertiary/aromatic N) is 2. The van der Waals surface area contributed by atoms with Gasteiger partial charge in [0.15, 0.2) is 0 Å². The molecule has 0 saturated heterocycles. The van der Waals surface area contributed by atoms with Gasteiger partial charge in [-0.1, -0.05) is 11.6 Å². The Kier molecular flexibility index (Phi) is 2.61. The van der Waals surface area contributed by atoms with Gasteiger partial charge in [0.25, 0.3) is 0 Å². The average Bonchev–Trinajstić information content (AvgIpc) is 1.94. The van der Waals surface area contributed by atoms with Crippen molar-refractivity contribution in [3.05, 3.63) is 31.0 Å². The average molecular weight is 284 g/mol. The summed E-state index contributed by atoms with van der Waals surface area (Å²) in [5, 5.41) is 10.3. The summed E-state index contributed by atoms with van der Waals surface area (Å²) < 4.78 is 0.554. The fourth-order valence-corrected chi connectivity index (χ4v) is 1.12. The molecule has 0 bridgehead atoms. The first-order chi connectivity index (χ1) is 5.11. The second-order valence-electron chi connectivity index (χ2n) is 1.70. The Labute approximate surface area is 80.9 Å². The smallest absolute Gasteiger partial charge is 0.358 e. The molecule has 0 fully saturated rings. The molecule has 0 aliphatic heterocycles. The Morgan fingerprint density at radius 1 is 1.64 bits per heavy atom. The topological polar surface area (TPSA) is 56.0 Å². The van der Waals surface area contributed by atoms with Gasteiger partial charge in [0.1, 0.15) is 5.02 Å². The van der Waals surface area contributed by atoms with E-state index in [1.165, 1.54) is 6.07 Å². The third-order valence-electron chi connectivity index (χ3n) is 0.966. The Morgan fingerprint density at radius 2 is 2.27 bits per heavy atom. The lowest BCUT2D eigenvalue weighted by atomic mass is 10.5. The van der Waals surface area contributed by atoms with Gasteiger partial charge in [-0.05, 0) is 22.0 Å². The van der Waals surface area contributed by atoms with Gasteiger partial charge in [-0.2, -0.15) is 0 Å². The number of rotatable bonds is 1. The van der Waals surface area contributed by atoms with Crippen molar-refractivity contribution >= 4 is 40.0 Å². The van der Waals surface area contributed by atoms with Gasteiger partial charge >= 0.3 is 5.82 Å². The van der Waals surface area contributed by atoms with E-state index in [0.29, 0.717) is 3.70 Å². The van der Waals surface area contributed by atoms with Crippen molar-refractivity contribution in [3.63, 3.8) is 0 Å². The largest absolute Gasteiger partial charge is 0.383 e. The number of pyridine rings is 1. The van der Waals surface area contributed by atoms with Crippen LogP contribution in [-0.4, -0.2) is 9.91 Å². The van der Waals surface area contributed by atoms with Crippen LogP contribution in [0.2, 0.25) is 5.02 Å². The third-order valence-corrected chi connectivity index (χ3v) is 1.86. The molecule has 0 aliphatic carbocycles. The quantitative estimate of drug-likeness (QED) is 0.344. The molecule has 1 aromatic rings. The number of hydrogen-bond acceptors (Lipinski definition) is 3. The van der Waals surface area contributed by atoms with E-state index in [9.17, 15) is 10.1 Å². The van der Waals surface area contributed by atoms with Crippen LogP contribution < -0.4 is 0 Å². The molecule has 1 heterocycles. The van der Waals surface area contributed by atoms with Crippen LogP contribution in [-0.2, 0) is 0 Å². The minimum atomic E-state index is -0.607. The molecule has 0 aromatic carbocycles. The van der Waals surface area contributed by atoms with E-state index in [-0.39, 0.29) is 10.8 Å². The standard InChI is InChI=1S/C5H2ClIN2O2/c6-3-1-2-4(7)8-5(3)9(10)11/h1-2H. The first-order valence-electron chi connectivity index (χ1n) is 2.57. The number of halogens is 2. The highest BCUT2D eigenvalue weighted by Gasteiger charge is 2.13. The number of nitro groups is 1. The number of aromatic nitrogens is 1. The zero-order valence-corrected chi connectivity index (χ0v) is 8.03. The minimum Gasteiger partial charge on any atom is -0.358 e. The predicted octanol–water partition coefficient (Wildman–Crippen LogP) is 2.25. The van der Waals surface area contributed by atoms with Gasteiger partial charge in [-0.15, -0.1) is 0 Å². The van der Waals surface area contributed by atoms with Gasteiger partial charge in [0, 0.05) is 22.6 Å². The van der Waals surface area contributed by atoms with Crippen LogP contribution in [0.4, 0.5) is 5.82 Å². The van der Waals surface area contributed by atoms with Crippen LogP contribution >= 0.6 is 34.2 Å². The van der Waals surface area contributed by atoms with Crippen LogP contribution in [0.25, 0.3) is 0 Å². The highest BCUT2D eigenvalue weighted by Crippen LogP contribution is 2.21. The van der Waals surface area contributed by atoms with E-state index in [2.05, 4.69) is 4.98 Å². The molecule has 0 spiro atoms. The van der Waals surface area contributed by atoms with Crippen molar-refractivity contribution < 1.29 is 4.92 Å². The summed E-state index contributed by atoms with van der Waals surface area (Å²) in [6.07, 6.45) is 0. The van der Waals surface area contributed by atoms with Gasteiger partial charge in [0.2, 0.25) is 3.70 Å². The molecule has 0 saturated carbocycles. The number of hydrogen-bond donors (Lipinski definition) is 0. The molecule has 0 N–H and O–H groups in total. The Hall–Kier alpha value is -0.430. The van der Waals surface area contributed by atoms with Crippen LogP contribution in [0.15, 0.2) is 12.1 Å². The normalized spacial score (nSPS) is 9.64. The zero-order chi connectivity index (χ0) is 8.43. The molecule has 11 heavy (non-hydrogen) atoms. The maximum absolute atomic E-state index is 10.2. The Balaban J connectivity index is 3.23. The molecule has 1 rings (SSSR count). The van der Waals surface area contributed by atoms with Gasteiger partial charge < -0.3 is 10.1 Å². The molecule has 0 unspecified atom stereocenters. The molecule has 1 aromatic heterocycles. The highest BCUT2D eigenvalue weighted by atomic mass is 127. The first-order valence-corrected chi connectivity index (χ1v) is 4.03. The predicted molar refractivity (Wildman–Crippen MR) is 48.6 cm³/mol. The van der Waals surface area contributed by atoms with E-state index in [4.69, 9.17) is 11.6 Å². The van der Waals surface area contributed by atoms with E-state index < -0.39 is 4.92 Å². The molecule has 6 heteroatoms. The van der Waals surface area contributed by atoms with Crippen molar-refractivity contribution in [3.8, 4) is 0 Å². The van der Waals surface area contributed by atoms with Crippen LogP contribution in [0.1, 0.15) is 0 Å². The van der Waals surface area contributed by atoms with Crippen molar-refractivity contribution in [2.24, 2.45) is 0 Å². The van der Waals surface area contributed by atoms with E-state index in [1.54, 1.807) is 6.07 Å². The van der Waals surface area contributed by atoms with Crippen molar-refractivity contribution in [1.29, 1.82) is 0 Å². The summed E-state index contributed by atoms with van der Waals surface area (Å²) in [5.74, 6) is -0.293. The van der Waals surface area contributed by atoms with Crippen molar-refractivity contribution in [2.45, 2.75) is 0 Å². The third kappa shape index (κ3) is 2.00. The first kappa shape index (κ1) is 8.66. The fourth-order valence-electron chi connectivity index (χ4n) is 0.536. The Morgan fingerprint density at radius 3 is 2.73 bits per heavy atom. The molecule has 58 valence electrons. The zero-order valence-electron chi connectivity index (χ0n) is 5.12. The monoisotopic (exact) mass is 284 g/mol. The van der Waals surface area contributed by atoms with E-state index >= 15 is 0 Å². The second-order valence-corrected chi connectivity index (χ2v) is 3.21. The van der Waals surface area contributed by atoms with E-state index in [0.717, 1.165) is 0 Å². The lowest BCUT2D eigenvalue weighted by Crippen LogP contribution is -1.93. The van der Waals surface area contributed by atoms with Gasteiger partial charge in [0.05, 0.1) is 0 Å². The van der Waals surface area contributed by atoms with Crippen molar-refractivity contribution in [2.75, 3.05) is 0 Å². The van der Waals surface area contributed by atoms with Crippen LogP contribution in [0.3, 0.4) is 0 Å². The molecule has 0 radical (unpaired) electrons. The Bertz CT molecular complexity index is 305. The summed E-state index contributed by atoms with van der Waals surface area (Å²) in [5.41, 5.74) is 0. The van der Waals surface area contributed by atoms with E-state index in [1.807, 2.05) is 22.6 Å². The van der Waals surface area contributed by atoms with Crippen LogP contribution in [0, 0.1) is 13.8 Å².